The number of nitrogens with one attached hydrogen (secondary N) is 1. The molecule has 1 N–H and O–H groups in total. The number of ether oxygens (including phenoxy) is 1. The molecule has 0 radical (unpaired) electrons. The first-order chi connectivity index (χ1) is 10.2. The van der Waals surface area contributed by atoms with Gasteiger partial charge in [-0.05, 0) is 49.4 Å². The summed E-state index contributed by atoms with van der Waals surface area (Å²) >= 11 is 3.52. The van der Waals surface area contributed by atoms with E-state index in [1.165, 1.54) is 25.7 Å². The SMILES string of the molecule is C#CCOc1ccc(Br)cc1CNCC1CCCC(C)C1. The van der Waals surface area contributed by atoms with E-state index < -0.39 is 0 Å². The predicted molar refractivity (Wildman–Crippen MR) is 91.3 cm³/mol. The highest BCUT2D eigenvalue weighted by Crippen LogP contribution is 2.28. The summed E-state index contributed by atoms with van der Waals surface area (Å²) in [6.07, 6.45) is 10.7. The molecule has 2 nitrogen and oxygen atoms in total. The molecule has 114 valence electrons. The van der Waals surface area contributed by atoms with Crippen LogP contribution in [0.3, 0.4) is 0 Å². The smallest absolute Gasteiger partial charge is 0.148 e. The minimum Gasteiger partial charge on any atom is -0.481 e. The number of hydrogen-bond acceptors (Lipinski definition) is 2. The van der Waals surface area contributed by atoms with E-state index in [4.69, 9.17) is 11.2 Å². The summed E-state index contributed by atoms with van der Waals surface area (Å²) in [4.78, 5) is 0. The minimum atomic E-state index is 0.314. The first-order valence-electron chi connectivity index (χ1n) is 7.74. The summed E-state index contributed by atoms with van der Waals surface area (Å²) in [6, 6.07) is 6.06. The van der Waals surface area contributed by atoms with Crippen molar-refractivity contribution >= 4 is 15.9 Å². The summed E-state index contributed by atoms with van der Waals surface area (Å²) in [6.45, 7) is 4.59. The molecule has 0 heterocycles. The number of halogens is 1. The van der Waals surface area contributed by atoms with Crippen LogP contribution < -0.4 is 10.1 Å². The van der Waals surface area contributed by atoms with E-state index in [9.17, 15) is 0 Å². The first-order valence-corrected chi connectivity index (χ1v) is 8.53. The molecule has 1 aromatic carbocycles. The molecular weight excluding hydrogens is 326 g/mol. The van der Waals surface area contributed by atoms with Gasteiger partial charge in [0, 0.05) is 16.6 Å². The molecule has 1 aliphatic rings. The molecule has 2 unspecified atom stereocenters. The highest BCUT2D eigenvalue weighted by Gasteiger charge is 2.18. The second kappa shape index (κ2) is 8.46. The molecule has 0 spiro atoms. The molecule has 0 aliphatic heterocycles. The van der Waals surface area contributed by atoms with Gasteiger partial charge in [-0.1, -0.05) is 41.6 Å². The third-order valence-electron chi connectivity index (χ3n) is 4.13. The lowest BCUT2D eigenvalue weighted by molar-refractivity contribution is 0.273. The normalized spacial score (nSPS) is 21.8. The Balaban J connectivity index is 1.86. The molecule has 0 aromatic heterocycles. The lowest BCUT2D eigenvalue weighted by atomic mass is 9.82. The Kier molecular flexibility index (Phi) is 6.60. The Morgan fingerprint density at radius 1 is 1.43 bits per heavy atom. The Labute approximate surface area is 136 Å². The summed E-state index contributed by atoms with van der Waals surface area (Å²) in [7, 11) is 0. The van der Waals surface area contributed by atoms with E-state index in [2.05, 4.69) is 40.2 Å². The van der Waals surface area contributed by atoms with Crippen molar-refractivity contribution in [3.63, 3.8) is 0 Å². The van der Waals surface area contributed by atoms with Gasteiger partial charge in [-0.2, -0.15) is 0 Å². The number of terminal acetylenes is 1. The fraction of sp³-hybridized carbons (Fsp3) is 0.556. The Bertz CT molecular complexity index is 494. The third kappa shape index (κ3) is 5.37. The average molecular weight is 350 g/mol. The molecule has 2 atom stereocenters. The van der Waals surface area contributed by atoms with Gasteiger partial charge in [0.25, 0.3) is 0 Å². The van der Waals surface area contributed by atoms with Gasteiger partial charge in [0.15, 0.2) is 0 Å². The van der Waals surface area contributed by atoms with Crippen LogP contribution in [0, 0.1) is 24.2 Å². The van der Waals surface area contributed by atoms with Crippen molar-refractivity contribution in [1.82, 2.24) is 5.32 Å². The van der Waals surface area contributed by atoms with Gasteiger partial charge in [0.2, 0.25) is 0 Å². The van der Waals surface area contributed by atoms with Crippen molar-refractivity contribution in [3.8, 4) is 18.1 Å². The van der Waals surface area contributed by atoms with Gasteiger partial charge in [0.1, 0.15) is 12.4 Å². The number of rotatable bonds is 6. The molecule has 3 heteroatoms. The highest BCUT2D eigenvalue weighted by atomic mass is 79.9. The second-order valence-corrected chi connectivity index (χ2v) is 6.93. The van der Waals surface area contributed by atoms with Crippen molar-refractivity contribution < 1.29 is 4.74 Å². The monoisotopic (exact) mass is 349 g/mol. The van der Waals surface area contributed by atoms with Crippen LogP contribution >= 0.6 is 15.9 Å². The van der Waals surface area contributed by atoms with E-state index in [1.54, 1.807) is 0 Å². The maximum Gasteiger partial charge on any atom is 0.148 e. The number of benzene rings is 1. The molecule has 0 bridgehead atoms. The lowest BCUT2D eigenvalue weighted by Gasteiger charge is -2.27. The second-order valence-electron chi connectivity index (χ2n) is 6.01. The third-order valence-corrected chi connectivity index (χ3v) is 4.62. The van der Waals surface area contributed by atoms with Gasteiger partial charge < -0.3 is 10.1 Å². The first kappa shape index (κ1) is 16.4. The van der Waals surface area contributed by atoms with Crippen LogP contribution in [-0.4, -0.2) is 13.2 Å². The fourth-order valence-corrected chi connectivity index (χ4v) is 3.51. The molecule has 0 saturated heterocycles. The summed E-state index contributed by atoms with van der Waals surface area (Å²) in [5.41, 5.74) is 1.16. The van der Waals surface area contributed by atoms with Crippen LogP contribution in [0.4, 0.5) is 0 Å². The van der Waals surface area contributed by atoms with Crippen molar-refractivity contribution in [2.45, 2.75) is 39.2 Å². The Hall–Kier alpha value is -0.980. The summed E-state index contributed by atoms with van der Waals surface area (Å²) in [5, 5.41) is 3.58. The van der Waals surface area contributed by atoms with E-state index in [0.717, 1.165) is 40.7 Å². The fourth-order valence-electron chi connectivity index (χ4n) is 3.10. The molecule has 1 aliphatic carbocycles. The topological polar surface area (TPSA) is 21.3 Å². The molecule has 0 amide bonds. The zero-order valence-electron chi connectivity index (χ0n) is 12.7. The summed E-state index contributed by atoms with van der Waals surface area (Å²) in [5.74, 6) is 5.09. The van der Waals surface area contributed by atoms with Gasteiger partial charge in [-0.15, -0.1) is 6.42 Å². The predicted octanol–water partition coefficient (Wildman–Crippen LogP) is 4.38. The van der Waals surface area contributed by atoms with Crippen molar-refractivity contribution in [2.24, 2.45) is 11.8 Å². The molecule has 1 aromatic rings. The van der Waals surface area contributed by atoms with Crippen molar-refractivity contribution in [1.29, 1.82) is 0 Å². The van der Waals surface area contributed by atoms with Gasteiger partial charge in [0.05, 0.1) is 0 Å². The molecular formula is C18H24BrNO. The molecule has 1 fully saturated rings. The van der Waals surface area contributed by atoms with Gasteiger partial charge in [-0.3, -0.25) is 0 Å². The van der Waals surface area contributed by atoms with Gasteiger partial charge >= 0.3 is 0 Å². The van der Waals surface area contributed by atoms with E-state index >= 15 is 0 Å². The van der Waals surface area contributed by atoms with Crippen LogP contribution in [0.15, 0.2) is 22.7 Å². The zero-order chi connectivity index (χ0) is 15.1. The Morgan fingerprint density at radius 3 is 3.05 bits per heavy atom. The largest absolute Gasteiger partial charge is 0.481 e. The maximum atomic E-state index is 5.60. The standard InChI is InChI=1S/C18H24BrNO/c1-3-9-21-18-8-7-17(19)11-16(18)13-20-12-15-6-4-5-14(2)10-15/h1,7-8,11,14-15,20H,4-6,9-10,12-13H2,2H3. The van der Waals surface area contributed by atoms with E-state index in [0.29, 0.717) is 6.61 Å². The van der Waals surface area contributed by atoms with Crippen LogP contribution in [0.2, 0.25) is 0 Å². The van der Waals surface area contributed by atoms with Crippen LogP contribution in [0.1, 0.15) is 38.2 Å². The van der Waals surface area contributed by atoms with Crippen LogP contribution in [-0.2, 0) is 6.54 Å². The van der Waals surface area contributed by atoms with Gasteiger partial charge in [-0.25, -0.2) is 0 Å². The average Bonchev–Trinajstić information content (AvgIpc) is 2.46. The summed E-state index contributed by atoms with van der Waals surface area (Å²) < 4.78 is 6.67. The van der Waals surface area contributed by atoms with E-state index in [-0.39, 0.29) is 0 Å². The van der Waals surface area contributed by atoms with Crippen LogP contribution in [0.5, 0.6) is 5.75 Å². The maximum absolute atomic E-state index is 5.60. The van der Waals surface area contributed by atoms with Crippen molar-refractivity contribution in [2.75, 3.05) is 13.2 Å². The molecule has 1 saturated carbocycles. The highest BCUT2D eigenvalue weighted by molar-refractivity contribution is 9.10. The minimum absolute atomic E-state index is 0.314. The zero-order valence-corrected chi connectivity index (χ0v) is 14.3. The molecule has 21 heavy (non-hydrogen) atoms. The van der Waals surface area contributed by atoms with E-state index in [1.807, 2.05) is 12.1 Å². The quantitative estimate of drug-likeness (QED) is 0.769. The van der Waals surface area contributed by atoms with Crippen LogP contribution in [0.25, 0.3) is 0 Å². The van der Waals surface area contributed by atoms with Crippen molar-refractivity contribution in [3.05, 3.63) is 28.2 Å². The number of hydrogen-bond donors (Lipinski definition) is 1. The molecule has 2 rings (SSSR count). The Morgan fingerprint density at radius 2 is 2.29 bits per heavy atom. The lowest BCUT2D eigenvalue weighted by Crippen LogP contribution is -2.26.